The Kier molecular flexibility index (Phi) is 2.97. The fourth-order valence-corrected chi connectivity index (χ4v) is 1.09. The zero-order chi connectivity index (χ0) is 11.6. The molecular formula is C9H7F3NO2. The topological polar surface area (TPSA) is 43.1 Å². The predicted octanol–water partition coefficient (Wildman–Crippen LogP) is 2.99. The van der Waals surface area contributed by atoms with Crippen LogP contribution < -0.4 is 0 Å². The van der Waals surface area contributed by atoms with Crippen molar-refractivity contribution < 1.29 is 18.1 Å². The van der Waals surface area contributed by atoms with Crippen molar-refractivity contribution in [1.29, 1.82) is 0 Å². The van der Waals surface area contributed by atoms with Crippen molar-refractivity contribution in [2.24, 2.45) is 0 Å². The monoisotopic (exact) mass is 218 g/mol. The van der Waals surface area contributed by atoms with Crippen LogP contribution in [0, 0.1) is 17.0 Å². The van der Waals surface area contributed by atoms with Gasteiger partial charge in [-0.15, -0.1) is 0 Å². The molecule has 1 rings (SSSR count). The Balaban J connectivity index is 3.30. The Morgan fingerprint density at radius 2 is 1.93 bits per heavy atom. The smallest absolute Gasteiger partial charge is 0.258 e. The molecule has 6 heteroatoms. The summed E-state index contributed by atoms with van der Waals surface area (Å²) in [4.78, 5) is 9.51. The van der Waals surface area contributed by atoms with Gasteiger partial charge in [0.25, 0.3) is 5.69 Å². The van der Waals surface area contributed by atoms with Crippen molar-refractivity contribution in [3.8, 4) is 0 Å². The lowest BCUT2D eigenvalue weighted by molar-refractivity contribution is -0.385. The molecule has 0 spiro atoms. The summed E-state index contributed by atoms with van der Waals surface area (Å²) in [6, 6.07) is 2.46. The van der Waals surface area contributed by atoms with Crippen molar-refractivity contribution in [2.45, 2.75) is 12.6 Å². The van der Waals surface area contributed by atoms with E-state index in [1.807, 2.05) is 0 Å². The molecule has 1 radical (unpaired) electrons. The van der Waals surface area contributed by atoms with Gasteiger partial charge < -0.3 is 0 Å². The molecule has 15 heavy (non-hydrogen) atoms. The second kappa shape index (κ2) is 3.88. The first kappa shape index (κ1) is 11.5. The number of non-ortho nitro benzene ring substituents is 1. The highest BCUT2D eigenvalue weighted by Gasteiger charge is 2.32. The molecule has 0 unspecified atom stereocenters. The molecule has 0 fully saturated rings. The molecule has 0 atom stereocenters. The maximum atomic E-state index is 12.3. The number of nitro benzene ring substituents is 1. The van der Waals surface area contributed by atoms with Crippen LogP contribution in [0.5, 0.6) is 0 Å². The number of nitro groups is 1. The molecule has 0 aliphatic heterocycles. The van der Waals surface area contributed by atoms with Gasteiger partial charge in [0.15, 0.2) is 0 Å². The summed E-state index contributed by atoms with van der Waals surface area (Å²) >= 11 is 0. The SMILES string of the molecule is [CH2]Cc1cc([N+](=O)[O-])cc(C(F)(F)F)c1. The zero-order valence-electron chi connectivity index (χ0n) is 7.54. The zero-order valence-corrected chi connectivity index (χ0v) is 7.54. The molecule has 0 heterocycles. The van der Waals surface area contributed by atoms with Gasteiger partial charge in [0.2, 0.25) is 0 Å². The number of benzene rings is 1. The summed E-state index contributed by atoms with van der Waals surface area (Å²) in [5, 5.41) is 10.4. The standard InChI is InChI=1S/C9H7F3NO2/c1-2-6-3-7(9(10,11)12)5-8(4-6)13(14)15/h3-5H,1-2H2. The average molecular weight is 218 g/mol. The molecule has 0 N–H and O–H groups in total. The van der Waals surface area contributed by atoms with Gasteiger partial charge in [-0.2, -0.15) is 13.2 Å². The molecular weight excluding hydrogens is 211 g/mol. The number of nitrogens with zero attached hydrogens (tertiary/aromatic N) is 1. The molecule has 1 aromatic rings. The van der Waals surface area contributed by atoms with E-state index in [4.69, 9.17) is 0 Å². The Morgan fingerprint density at radius 3 is 2.33 bits per heavy atom. The molecule has 0 amide bonds. The molecule has 0 aliphatic carbocycles. The quantitative estimate of drug-likeness (QED) is 0.565. The summed E-state index contributed by atoms with van der Waals surface area (Å²) in [7, 11) is 0. The highest BCUT2D eigenvalue weighted by Crippen LogP contribution is 2.32. The van der Waals surface area contributed by atoms with Crippen LogP contribution in [0.1, 0.15) is 11.1 Å². The maximum Gasteiger partial charge on any atom is 0.416 e. The Bertz CT molecular complexity index is 387. The van der Waals surface area contributed by atoms with E-state index >= 15 is 0 Å². The minimum absolute atomic E-state index is 0.0742. The van der Waals surface area contributed by atoms with E-state index in [2.05, 4.69) is 6.92 Å². The highest BCUT2D eigenvalue weighted by molar-refractivity contribution is 5.40. The molecule has 0 aromatic heterocycles. The lowest BCUT2D eigenvalue weighted by Gasteiger charge is -2.07. The third-order valence-corrected chi connectivity index (χ3v) is 1.80. The van der Waals surface area contributed by atoms with Crippen molar-refractivity contribution in [3.63, 3.8) is 0 Å². The van der Waals surface area contributed by atoms with Crippen LogP contribution in [0.25, 0.3) is 0 Å². The van der Waals surface area contributed by atoms with Gasteiger partial charge in [-0.25, -0.2) is 0 Å². The first-order chi connectivity index (χ1) is 6.84. The molecule has 0 saturated carbocycles. The molecule has 0 saturated heterocycles. The van der Waals surface area contributed by atoms with Crippen molar-refractivity contribution >= 4 is 5.69 Å². The average Bonchev–Trinajstić information content (AvgIpc) is 2.15. The van der Waals surface area contributed by atoms with Crippen LogP contribution in [0.3, 0.4) is 0 Å². The minimum atomic E-state index is -4.57. The van der Waals surface area contributed by atoms with E-state index in [0.717, 1.165) is 12.1 Å². The van der Waals surface area contributed by atoms with E-state index < -0.39 is 22.4 Å². The number of halogens is 3. The van der Waals surface area contributed by atoms with Crippen LogP contribution >= 0.6 is 0 Å². The normalized spacial score (nSPS) is 11.5. The minimum Gasteiger partial charge on any atom is -0.258 e. The van der Waals surface area contributed by atoms with Crippen LogP contribution in [0.15, 0.2) is 18.2 Å². The molecule has 3 nitrogen and oxygen atoms in total. The van der Waals surface area contributed by atoms with E-state index in [1.54, 1.807) is 0 Å². The van der Waals surface area contributed by atoms with E-state index in [9.17, 15) is 23.3 Å². The molecule has 0 bridgehead atoms. The van der Waals surface area contributed by atoms with E-state index in [1.165, 1.54) is 0 Å². The largest absolute Gasteiger partial charge is 0.416 e. The third-order valence-electron chi connectivity index (χ3n) is 1.80. The summed E-state index contributed by atoms with van der Waals surface area (Å²) in [6.45, 7) is 3.39. The summed E-state index contributed by atoms with van der Waals surface area (Å²) in [6.07, 6.45) is -4.50. The Morgan fingerprint density at radius 1 is 1.33 bits per heavy atom. The second-order valence-electron chi connectivity index (χ2n) is 2.89. The number of hydrogen-bond donors (Lipinski definition) is 0. The number of hydrogen-bond acceptors (Lipinski definition) is 2. The third kappa shape index (κ3) is 2.68. The van der Waals surface area contributed by atoms with Gasteiger partial charge >= 0.3 is 6.18 Å². The van der Waals surface area contributed by atoms with Gasteiger partial charge in [0.1, 0.15) is 0 Å². The summed E-state index contributed by atoms with van der Waals surface area (Å²) in [5.74, 6) is 0. The van der Waals surface area contributed by atoms with Crippen LogP contribution in [-0.4, -0.2) is 4.92 Å². The van der Waals surface area contributed by atoms with Crippen molar-refractivity contribution in [1.82, 2.24) is 0 Å². The summed E-state index contributed by atoms with van der Waals surface area (Å²) in [5.41, 5.74) is -1.39. The van der Waals surface area contributed by atoms with Crippen LogP contribution in [-0.2, 0) is 12.6 Å². The highest BCUT2D eigenvalue weighted by atomic mass is 19.4. The Labute approximate surface area is 83.7 Å². The van der Waals surface area contributed by atoms with Gasteiger partial charge in [0, 0.05) is 12.1 Å². The predicted molar refractivity (Wildman–Crippen MR) is 47.2 cm³/mol. The first-order valence-corrected chi connectivity index (χ1v) is 3.99. The lowest BCUT2D eigenvalue weighted by atomic mass is 10.1. The van der Waals surface area contributed by atoms with Crippen molar-refractivity contribution in [2.75, 3.05) is 0 Å². The Hall–Kier alpha value is -1.59. The van der Waals surface area contributed by atoms with Gasteiger partial charge in [-0.3, -0.25) is 10.1 Å². The van der Waals surface area contributed by atoms with E-state index in [-0.39, 0.29) is 12.0 Å². The molecule has 81 valence electrons. The fraction of sp³-hybridized carbons (Fsp3) is 0.222. The lowest BCUT2D eigenvalue weighted by Crippen LogP contribution is -2.06. The molecule has 1 aromatic carbocycles. The number of rotatable bonds is 2. The molecule has 0 aliphatic rings. The summed E-state index contributed by atoms with van der Waals surface area (Å²) < 4.78 is 36.9. The van der Waals surface area contributed by atoms with Gasteiger partial charge in [0.05, 0.1) is 10.5 Å². The fourth-order valence-electron chi connectivity index (χ4n) is 1.09. The van der Waals surface area contributed by atoms with Crippen molar-refractivity contribution in [3.05, 3.63) is 46.4 Å². The second-order valence-corrected chi connectivity index (χ2v) is 2.89. The number of alkyl halides is 3. The van der Waals surface area contributed by atoms with Crippen LogP contribution in [0.2, 0.25) is 0 Å². The maximum absolute atomic E-state index is 12.3. The van der Waals surface area contributed by atoms with Crippen LogP contribution in [0.4, 0.5) is 18.9 Å². The van der Waals surface area contributed by atoms with Gasteiger partial charge in [-0.1, -0.05) is 0 Å². The van der Waals surface area contributed by atoms with Gasteiger partial charge in [-0.05, 0) is 25.0 Å². The van der Waals surface area contributed by atoms with E-state index in [0.29, 0.717) is 6.07 Å². The first-order valence-electron chi connectivity index (χ1n) is 3.99.